The topological polar surface area (TPSA) is 74.6 Å². The zero-order valence-corrected chi connectivity index (χ0v) is 9.64. The number of carbonyl (C=O) groups is 2. The third-order valence-corrected chi connectivity index (χ3v) is 6.79. The molecule has 0 saturated heterocycles. The summed E-state index contributed by atoms with van der Waals surface area (Å²) in [4.78, 5) is 22.9. The number of hydrogen-bond acceptors (Lipinski definition) is 2. The van der Waals surface area contributed by atoms with Gasteiger partial charge in [-0.15, -0.1) is 0 Å². The van der Waals surface area contributed by atoms with Crippen molar-refractivity contribution in [3.63, 3.8) is 0 Å². The molecule has 0 radical (unpaired) electrons. The number of rotatable bonds is 2. The van der Waals surface area contributed by atoms with Gasteiger partial charge in [0.1, 0.15) is 0 Å². The second-order valence-electron chi connectivity index (χ2n) is 6.73. The average molecular weight is 246 g/mol. The van der Waals surface area contributed by atoms with E-state index in [4.69, 9.17) is 0 Å². The molecule has 18 heavy (non-hydrogen) atoms. The van der Waals surface area contributed by atoms with Crippen molar-refractivity contribution >= 4 is 11.9 Å². The largest absolute Gasteiger partial charge is 0.481 e. The third kappa shape index (κ3) is 0.677. The van der Waals surface area contributed by atoms with Gasteiger partial charge in [-0.05, 0) is 47.3 Å². The lowest BCUT2D eigenvalue weighted by Gasteiger charge is -2.38. The highest BCUT2D eigenvalue weighted by atomic mass is 16.4. The van der Waals surface area contributed by atoms with E-state index in [-0.39, 0.29) is 11.8 Å². The van der Waals surface area contributed by atoms with Crippen LogP contribution in [0.5, 0.6) is 0 Å². The van der Waals surface area contributed by atoms with Crippen LogP contribution in [0.4, 0.5) is 0 Å². The second-order valence-corrected chi connectivity index (χ2v) is 6.73. The van der Waals surface area contributed by atoms with Crippen LogP contribution in [0, 0.1) is 59.2 Å². The second kappa shape index (κ2) is 2.51. The Bertz CT molecular complexity index is 480. The SMILES string of the molecule is O=C(O)[C@@H]1[C@H](C(=O)O)[C@H]2C3C4[C@H]5C=C[C@@H]4[C@@H]([C@H]31)[C@H]25. The van der Waals surface area contributed by atoms with Gasteiger partial charge in [0.15, 0.2) is 0 Å². The summed E-state index contributed by atoms with van der Waals surface area (Å²) in [5, 5.41) is 18.8. The molecule has 0 aliphatic heterocycles. The number of allylic oxidation sites excluding steroid dienone is 2. The summed E-state index contributed by atoms with van der Waals surface area (Å²) in [6, 6.07) is 0. The molecule has 0 amide bonds. The normalized spacial score (nSPS) is 64.2. The van der Waals surface area contributed by atoms with E-state index >= 15 is 0 Å². The van der Waals surface area contributed by atoms with E-state index in [1.807, 2.05) is 0 Å². The standard InChI is InChI=1S/C14H14O4/c15-13(16)11-9-6-3-1-2-4-5(3)8(9)10(7(4)6)12(11)14(17)18/h1-12H,(H,15,16)(H,17,18)/t3-,4+,5?,6-,7-,8?,9-,10-,11-,12+/m1/s1. The molecule has 2 unspecified atom stereocenters. The van der Waals surface area contributed by atoms with Gasteiger partial charge in [-0.25, -0.2) is 0 Å². The molecule has 0 aromatic rings. The van der Waals surface area contributed by atoms with Gasteiger partial charge in [-0.3, -0.25) is 9.59 Å². The van der Waals surface area contributed by atoms with E-state index in [0.717, 1.165) is 0 Å². The molecule has 6 aliphatic rings. The highest BCUT2D eigenvalue weighted by Gasteiger charge is 2.82. The van der Waals surface area contributed by atoms with Crippen molar-refractivity contribution in [3.8, 4) is 0 Å². The van der Waals surface area contributed by atoms with Gasteiger partial charge in [0.2, 0.25) is 0 Å². The van der Waals surface area contributed by atoms with E-state index in [1.165, 1.54) is 0 Å². The molecule has 0 aromatic carbocycles. The molecule has 0 aromatic heterocycles. The van der Waals surface area contributed by atoms with Crippen molar-refractivity contribution < 1.29 is 19.8 Å². The summed E-state index contributed by atoms with van der Waals surface area (Å²) in [5.41, 5.74) is 0. The summed E-state index contributed by atoms with van der Waals surface area (Å²) in [7, 11) is 0. The summed E-state index contributed by atoms with van der Waals surface area (Å²) in [6.07, 6.45) is 4.56. The average Bonchev–Trinajstić information content (AvgIpc) is 3.07. The maximum absolute atomic E-state index is 11.5. The van der Waals surface area contributed by atoms with Gasteiger partial charge in [0, 0.05) is 0 Å². The van der Waals surface area contributed by atoms with Crippen molar-refractivity contribution in [2.24, 2.45) is 59.2 Å². The van der Waals surface area contributed by atoms with Crippen LogP contribution >= 0.6 is 0 Å². The van der Waals surface area contributed by atoms with Crippen molar-refractivity contribution in [2.45, 2.75) is 0 Å². The van der Waals surface area contributed by atoms with Crippen LogP contribution in [0.1, 0.15) is 0 Å². The number of aliphatic carboxylic acids is 2. The Kier molecular flexibility index (Phi) is 1.34. The van der Waals surface area contributed by atoms with Crippen LogP contribution in [-0.2, 0) is 9.59 Å². The van der Waals surface area contributed by atoms with Gasteiger partial charge in [-0.2, -0.15) is 0 Å². The molecule has 4 heteroatoms. The summed E-state index contributed by atoms with van der Waals surface area (Å²) in [6.45, 7) is 0. The summed E-state index contributed by atoms with van der Waals surface area (Å²) < 4.78 is 0. The first kappa shape index (κ1) is 9.59. The van der Waals surface area contributed by atoms with E-state index in [1.54, 1.807) is 0 Å². The molecular formula is C14H14O4. The molecule has 94 valence electrons. The Hall–Kier alpha value is -1.32. The molecule has 6 aliphatic carbocycles. The molecular weight excluding hydrogens is 232 g/mol. The molecule has 10 atom stereocenters. The van der Waals surface area contributed by atoms with Crippen LogP contribution in [0.15, 0.2) is 12.2 Å². The lowest BCUT2D eigenvalue weighted by molar-refractivity contribution is -0.159. The highest BCUT2D eigenvalue weighted by molar-refractivity contribution is 5.82. The van der Waals surface area contributed by atoms with Crippen molar-refractivity contribution in [1.82, 2.24) is 0 Å². The van der Waals surface area contributed by atoms with E-state index in [0.29, 0.717) is 35.5 Å². The molecule has 8 bridgehead atoms. The van der Waals surface area contributed by atoms with Gasteiger partial charge in [-0.1, -0.05) is 12.2 Å². The monoisotopic (exact) mass is 246 g/mol. The molecule has 5 saturated carbocycles. The van der Waals surface area contributed by atoms with Crippen LogP contribution in [0.3, 0.4) is 0 Å². The lowest BCUT2D eigenvalue weighted by Crippen LogP contribution is -2.43. The maximum Gasteiger partial charge on any atom is 0.307 e. The first-order chi connectivity index (χ1) is 8.63. The smallest absolute Gasteiger partial charge is 0.307 e. The van der Waals surface area contributed by atoms with Crippen LogP contribution in [0.2, 0.25) is 0 Å². The van der Waals surface area contributed by atoms with Crippen molar-refractivity contribution in [2.75, 3.05) is 0 Å². The molecule has 4 nitrogen and oxygen atoms in total. The predicted octanol–water partition coefficient (Wildman–Crippen LogP) is 0.942. The molecule has 5 fully saturated rings. The third-order valence-electron chi connectivity index (χ3n) is 6.79. The number of carboxylic acid groups (broad SMARTS) is 2. The zero-order valence-electron chi connectivity index (χ0n) is 9.64. The minimum absolute atomic E-state index is 0.148. The van der Waals surface area contributed by atoms with Gasteiger partial charge >= 0.3 is 11.9 Å². The Morgan fingerprint density at radius 2 is 1.11 bits per heavy atom. The first-order valence-corrected chi connectivity index (χ1v) is 6.77. The predicted molar refractivity (Wildman–Crippen MR) is 59.3 cm³/mol. The summed E-state index contributed by atoms with van der Waals surface area (Å²) in [5.74, 6) is 0.353. The van der Waals surface area contributed by atoms with Crippen LogP contribution in [-0.4, -0.2) is 22.2 Å². The quantitative estimate of drug-likeness (QED) is 0.711. The Balaban J connectivity index is 1.67. The van der Waals surface area contributed by atoms with Crippen molar-refractivity contribution in [3.05, 3.63) is 12.2 Å². The van der Waals surface area contributed by atoms with Crippen molar-refractivity contribution in [1.29, 1.82) is 0 Å². The zero-order chi connectivity index (χ0) is 12.3. The fraction of sp³-hybridized carbons (Fsp3) is 0.714. The first-order valence-electron chi connectivity index (χ1n) is 6.77. The molecule has 6 rings (SSSR count). The minimum atomic E-state index is -0.884. The lowest BCUT2D eigenvalue weighted by atomic mass is 9.65. The van der Waals surface area contributed by atoms with E-state index in [9.17, 15) is 19.8 Å². The van der Waals surface area contributed by atoms with Crippen LogP contribution < -0.4 is 0 Å². The van der Waals surface area contributed by atoms with Crippen LogP contribution in [0.25, 0.3) is 0 Å². The van der Waals surface area contributed by atoms with Gasteiger partial charge < -0.3 is 10.2 Å². The number of carboxylic acids is 2. The Labute approximate surface area is 104 Å². The molecule has 0 heterocycles. The molecule has 2 N–H and O–H groups in total. The fourth-order valence-electron chi connectivity index (χ4n) is 6.95. The van der Waals surface area contributed by atoms with Gasteiger partial charge in [0.25, 0.3) is 0 Å². The minimum Gasteiger partial charge on any atom is -0.481 e. The van der Waals surface area contributed by atoms with E-state index in [2.05, 4.69) is 12.2 Å². The van der Waals surface area contributed by atoms with E-state index < -0.39 is 23.8 Å². The number of hydrogen-bond donors (Lipinski definition) is 2. The Morgan fingerprint density at radius 1 is 0.667 bits per heavy atom. The highest BCUT2D eigenvalue weighted by Crippen LogP contribution is 2.82. The van der Waals surface area contributed by atoms with Gasteiger partial charge in [0.05, 0.1) is 11.8 Å². The maximum atomic E-state index is 11.5. The fourth-order valence-corrected chi connectivity index (χ4v) is 6.95. The molecule has 0 spiro atoms. The summed E-state index contributed by atoms with van der Waals surface area (Å²) >= 11 is 0. The Morgan fingerprint density at radius 3 is 1.50 bits per heavy atom.